The number of nitrogens with one attached hydrogen (secondary N) is 1. The van der Waals surface area contributed by atoms with E-state index in [9.17, 15) is 24.9 Å². The fourth-order valence-corrected chi connectivity index (χ4v) is 10.2. The van der Waals surface area contributed by atoms with Gasteiger partial charge in [-0.05, 0) is 81.6 Å². The first kappa shape index (κ1) is 30.9. The fraction of sp³-hybridized carbons (Fsp3) is 0.839. The summed E-state index contributed by atoms with van der Waals surface area (Å²) in [5, 5.41) is 39.7. The van der Waals surface area contributed by atoms with Gasteiger partial charge in [-0.2, -0.15) is 5.10 Å². The molecule has 240 valence electrons. The summed E-state index contributed by atoms with van der Waals surface area (Å²) in [5.74, 6) is -0.442. The van der Waals surface area contributed by atoms with Crippen molar-refractivity contribution >= 4 is 18.2 Å². The number of carbonyl (C=O) groups excluding carboxylic acids is 2. The smallest absolute Gasteiger partial charge is 0.332 e. The summed E-state index contributed by atoms with van der Waals surface area (Å²) < 4.78 is 23.1. The van der Waals surface area contributed by atoms with Crippen molar-refractivity contribution in [1.29, 1.82) is 0 Å². The van der Waals surface area contributed by atoms with E-state index in [1.807, 2.05) is 0 Å². The van der Waals surface area contributed by atoms with Gasteiger partial charge in [-0.1, -0.05) is 6.92 Å². The Labute approximate surface area is 252 Å². The van der Waals surface area contributed by atoms with Crippen LogP contribution in [0.5, 0.6) is 0 Å². The number of hydrogen-bond acceptors (Lipinski definition) is 10. The molecule has 12 nitrogen and oxygen atoms in total. The summed E-state index contributed by atoms with van der Waals surface area (Å²) in [4.78, 5) is 23.5. The number of ether oxygens (including phenoxy) is 4. The summed E-state index contributed by atoms with van der Waals surface area (Å²) in [7, 11) is 1.56. The first-order valence-corrected chi connectivity index (χ1v) is 15.8. The quantitative estimate of drug-likeness (QED) is 0.131. The van der Waals surface area contributed by atoms with Gasteiger partial charge < -0.3 is 40.0 Å². The molecule has 12 atom stereocenters. The first-order chi connectivity index (χ1) is 20.4. The number of aliphatic hydroxyl groups is 3. The largest absolute Gasteiger partial charge is 0.458 e. The van der Waals surface area contributed by atoms with Crippen molar-refractivity contribution in [2.24, 2.45) is 39.4 Å². The summed E-state index contributed by atoms with van der Waals surface area (Å²) >= 11 is 0. The Kier molecular flexibility index (Phi) is 7.95. The van der Waals surface area contributed by atoms with Crippen LogP contribution in [0, 0.1) is 28.6 Å². The molecule has 0 aromatic rings. The number of primary amides is 1. The highest BCUT2D eigenvalue weighted by Crippen LogP contribution is 2.70. The molecule has 0 aromatic heterocycles. The third-order valence-corrected chi connectivity index (χ3v) is 12.4. The normalized spacial score (nSPS) is 49.5. The van der Waals surface area contributed by atoms with E-state index >= 15 is 0 Å². The average Bonchev–Trinajstić information content (AvgIpc) is 3.50. The predicted octanol–water partition coefficient (Wildman–Crippen LogP) is 1.89. The standard InChI is InChI=1S/C31H47N3O9/c1-17-26(36)23(40-3)13-25(42-17)43-19-4-9-29(16-33-34-27(32)37)21-5-8-28(2)20(18-12-24(35)41-15-18)7-11-31(28,39)22(21)6-10-30(29,38)14-19/h12,16-17,19-23,25-26,36,38-39H,4-11,13-15H2,1-3H3,(H3,32,34,37)/b33-16-/t17-,19-,20+,21+,22-,23+,25+,26-,28-,29+,30-,31+/m1/s1. The Hall–Kier alpha value is -2.09. The number of rotatable bonds is 6. The lowest BCUT2D eigenvalue weighted by Crippen LogP contribution is -2.69. The third kappa shape index (κ3) is 4.84. The third-order valence-electron chi connectivity index (χ3n) is 12.4. The van der Waals surface area contributed by atoms with E-state index in [1.54, 1.807) is 26.3 Å². The summed E-state index contributed by atoms with van der Waals surface area (Å²) in [6.07, 6.45) is 6.66. The van der Waals surface area contributed by atoms with Crippen LogP contribution in [-0.2, 0) is 23.7 Å². The minimum Gasteiger partial charge on any atom is -0.458 e. The maximum Gasteiger partial charge on any atom is 0.332 e. The van der Waals surface area contributed by atoms with Crippen LogP contribution in [-0.4, -0.2) is 89.2 Å². The number of methoxy groups -OCH3 is 1. The molecule has 6 aliphatic rings. The zero-order valence-corrected chi connectivity index (χ0v) is 25.4. The van der Waals surface area contributed by atoms with Crippen molar-refractivity contribution in [3.8, 4) is 0 Å². The zero-order chi connectivity index (χ0) is 30.8. The second-order valence-corrected chi connectivity index (χ2v) is 14.1. The van der Waals surface area contributed by atoms with Crippen molar-refractivity contribution in [3.63, 3.8) is 0 Å². The van der Waals surface area contributed by atoms with Crippen molar-refractivity contribution in [2.75, 3.05) is 13.7 Å². The van der Waals surface area contributed by atoms with Crippen LogP contribution in [0.2, 0.25) is 0 Å². The maximum absolute atomic E-state index is 12.6. The van der Waals surface area contributed by atoms with E-state index < -0.39 is 52.7 Å². The second-order valence-electron chi connectivity index (χ2n) is 14.1. The van der Waals surface area contributed by atoms with E-state index in [4.69, 9.17) is 24.7 Å². The van der Waals surface area contributed by atoms with Gasteiger partial charge in [0, 0.05) is 43.1 Å². The van der Waals surface area contributed by atoms with Crippen LogP contribution in [0.1, 0.15) is 78.1 Å². The van der Waals surface area contributed by atoms with Gasteiger partial charge in [-0.3, -0.25) is 0 Å². The number of nitrogens with zero attached hydrogens (tertiary/aromatic N) is 1. The number of fused-ring (bicyclic) bond motifs is 5. The van der Waals surface area contributed by atoms with Gasteiger partial charge in [-0.15, -0.1) is 0 Å². The molecular formula is C31H47N3O9. The van der Waals surface area contributed by atoms with Gasteiger partial charge in [0.05, 0.1) is 29.5 Å². The molecule has 2 heterocycles. The molecule has 2 amide bonds. The number of amides is 2. The van der Waals surface area contributed by atoms with Gasteiger partial charge >= 0.3 is 12.0 Å². The van der Waals surface area contributed by atoms with E-state index in [0.29, 0.717) is 44.9 Å². The number of esters is 1. The molecule has 6 N–H and O–H groups in total. The predicted molar refractivity (Wildman–Crippen MR) is 153 cm³/mol. The summed E-state index contributed by atoms with van der Waals surface area (Å²) in [5.41, 5.74) is 5.22. The number of hydrazone groups is 1. The molecule has 43 heavy (non-hydrogen) atoms. The molecule has 1 saturated heterocycles. The van der Waals surface area contributed by atoms with Gasteiger partial charge in [0.2, 0.25) is 0 Å². The van der Waals surface area contributed by atoms with Crippen molar-refractivity contribution in [1.82, 2.24) is 5.43 Å². The lowest BCUT2D eigenvalue weighted by atomic mass is 9.41. The minimum absolute atomic E-state index is 0.0586. The fourth-order valence-electron chi connectivity index (χ4n) is 10.2. The van der Waals surface area contributed by atoms with Crippen molar-refractivity contribution < 1.29 is 43.9 Å². The SMILES string of the molecule is CO[C@H]1C[C@H](O[C@@H]2CC[C@]3(/C=N\NC(N)=O)[C@H]4CC[C@]5(C)[C@H](C6=CC(=O)OC6)CC[C@]5(O)[C@@H]4CC[C@@]3(O)C2)O[C@H](C)[C@H]1O. The Bertz CT molecular complexity index is 1180. The first-order valence-electron chi connectivity index (χ1n) is 15.8. The van der Waals surface area contributed by atoms with E-state index in [2.05, 4.69) is 17.5 Å². The topological polar surface area (TPSA) is 182 Å². The van der Waals surface area contributed by atoms with Crippen LogP contribution in [0.15, 0.2) is 16.8 Å². The van der Waals surface area contributed by atoms with E-state index in [0.717, 1.165) is 24.8 Å². The Morgan fingerprint density at radius 2 is 1.93 bits per heavy atom. The molecule has 0 radical (unpaired) electrons. The summed E-state index contributed by atoms with van der Waals surface area (Å²) in [6, 6.07) is -0.783. The van der Waals surface area contributed by atoms with Gasteiger partial charge in [0.15, 0.2) is 6.29 Å². The van der Waals surface area contributed by atoms with Crippen LogP contribution < -0.4 is 11.2 Å². The van der Waals surface area contributed by atoms with Gasteiger partial charge in [-0.25, -0.2) is 15.0 Å². The van der Waals surface area contributed by atoms with Crippen LogP contribution in [0.25, 0.3) is 0 Å². The van der Waals surface area contributed by atoms with Crippen molar-refractivity contribution in [2.45, 2.75) is 120 Å². The van der Waals surface area contributed by atoms with Crippen molar-refractivity contribution in [3.05, 3.63) is 11.6 Å². The number of hydrogen-bond donors (Lipinski definition) is 5. The number of cyclic esters (lactones) is 1. The number of aliphatic hydroxyl groups excluding tert-OH is 1. The summed E-state index contributed by atoms with van der Waals surface area (Å²) in [6.45, 7) is 4.23. The number of nitrogens with two attached hydrogens (primary N) is 1. The van der Waals surface area contributed by atoms with E-state index in [1.165, 1.54) is 0 Å². The van der Waals surface area contributed by atoms with Crippen LogP contribution >= 0.6 is 0 Å². The molecule has 6 rings (SSSR count). The monoisotopic (exact) mass is 605 g/mol. The Balaban J connectivity index is 1.27. The number of urea groups is 1. The average molecular weight is 606 g/mol. The van der Waals surface area contributed by atoms with Crippen LogP contribution in [0.3, 0.4) is 0 Å². The Morgan fingerprint density at radius 1 is 1.16 bits per heavy atom. The van der Waals surface area contributed by atoms with Gasteiger partial charge in [0.25, 0.3) is 0 Å². The Morgan fingerprint density at radius 3 is 2.63 bits per heavy atom. The molecule has 12 heteroatoms. The molecule has 4 aliphatic carbocycles. The molecule has 2 aliphatic heterocycles. The number of carbonyl (C=O) groups is 2. The molecular weight excluding hydrogens is 558 g/mol. The highest BCUT2D eigenvalue weighted by atomic mass is 16.7. The second kappa shape index (κ2) is 11.1. The maximum atomic E-state index is 12.6. The molecule has 0 spiro atoms. The molecule has 0 aromatic carbocycles. The molecule has 5 fully saturated rings. The highest BCUT2D eigenvalue weighted by molar-refractivity contribution is 5.85. The lowest BCUT2D eigenvalue weighted by Gasteiger charge is -2.66. The molecule has 4 saturated carbocycles. The molecule has 0 unspecified atom stereocenters. The lowest BCUT2D eigenvalue weighted by molar-refractivity contribution is -0.284. The molecule has 0 bridgehead atoms. The zero-order valence-electron chi connectivity index (χ0n) is 25.4. The minimum atomic E-state index is -1.20. The highest BCUT2D eigenvalue weighted by Gasteiger charge is 2.71. The van der Waals surface area contributed by atoms with Crippen LogP contribution in [0.4, 0.5) is 4.79 Å². The van der Waals surface area contributed by atoms with E-state index in [-0.39, 0.29) is 36.4 Å². The van der Waals surface area contributed by atoms with Gasteiger partial charge in [0.1, 0.15) is 12.7 Å².